The maximum absolute atomic E-state index is 12.9. The Kier molecular flexibility index (Phi) is 5.40. The monoisotopic (exact) mass is 371 g/mol. The predicted molar refractivity (Wildman–Crippen MR) is 99.7 cm³/mol. The average molecular weight is 371 g/mol. The summed E-state index contributed by atoms with van der Waals surface area (Å²) in [5.41, 5.74) is 1.69. The fourth-order valence-electron chi connectivity index (χ4n) is 3.87. The number of aromatic amines is 1. The first-order valence-corrected chi connectivity index (χ1v) is 9.56. The Morgan fingerprint density at radius 1 is 1.11 bits per heavy atom. The average Bonchev–Trinajstić information content (AvgIpc) is 3.15. The van der Waals surface area contributed by atoms with Gasteiger partial charge in [-0.25, -0.2) is 0 Å². The van der Waals surface area contributed by atoms with E-state index in [4.69, 9.17) is 9.26 Å². The van der Waals surface area contributed by atoms with E-state index >= 15 is 0 Å². The van der Waals surface area contributed by atoms with Crippen LogP contribution in [0.25, 0.3) is 0 Å². The molecule has 0 bridgehead atoms. The van der Waals surface area contributed by atoms with Crippen LogP contribution in [-0.4, -0.2) is 60.3 Å². The summed E-state index contributed by atoms with van der Waals surface area (Å²) >= 11 is 0. The van der Waals surface area contributed by atoms with Crippen molar-refractivity contribution in [1.82, 2.24) is 15.0 Å². The maximum atomic E-state index is 12.9. The van der Waals surface area contributed by atoms with Gasteiger partial charge in [-0.15, -0.1) is 0 Å². The highest BCUT2D eigenvalue weighted by atomic mass is 16.5. The van der Waals surface area contributed by atoms with Crippen LogP contribution in [0.15, 0.2) is 39.6 Å². The quantitative estimate of drug-likeness (QED) is 0.887. The van der Waals surface area contributed by atoms with Gasteiger partial charge in [-0.3, -0.25) is 14.5 Å². The first-order valence-electron chi connectivity index (χ1n) is 9.56. The number of benzene rings is 1. The summed E-state index contributed by atoms with van der Waals surface area (Å²) in [4.78, 5) is 28.4. The summed E-state index contributed by atoms with van der Waals surface area (Å²) < 4.78 is 10.6. The maximum Gasteiger partial charge on any atom is 0.280 e. The minimum Gasteiger partial charge on any atom is -0.383 e. The number of hydrogen-bond donors (Lipinski definition) is 1. The molecule has 3 heterocycles. The Morgan fingerprint density at radius 2 is 1.89 bits per heavy atom. The topological polar surface area (TPSA) is 78.8 Å². The lowest BCUT2D eigenvalue weighted by Gasteiger charge is -2.31. The molecular formula is C20H25N3O4. The molecule has 2 fully saturated rings. The number of nitrogens with zero attached hydrogens (tertiary/aromatic N) is 2. The van der Waals surface area contributed by atoms with Crippen LogP contribution in [0.1, 0.15) is 40.4 Å². The van der Waals surface area contributed by atoms with Crippen molar-refractivity contribution in [1.29, 1.82) is 0 Å². The lowest BCUT2D eigenvalue weighted by molar-refractivity contribution is 0.0341. The van der Waals surface area contributed by atoms with Crippen molar-refractivity contribution < 1.29 is 14.1 Å². The molecule has 4 rings (SSSR count). The molecule has 2 aliphatic heterocycles. The molecule has 2 saturated heterocycles. The van der Waals surface area contributed by atoms with Crippen molar-refractivity contribution in [2.45, 2.75) is 25.3 Å². The normalized spacial score (nSPS) is 19.3. The molecule has 27 heavy (non-hydrogen) atoms. The van der Waals surface area contributed by atoms with Crippen molar-refractivity contribution in [3.63, 3.8) is 0 Å². The molecule has 0 saturated carbocycles. The highest BCUT2D eigenvalue weighted by molar-refractivity contribution is 5.94. The third kappa shape index (κ3) is 4.31. The van der Waals surface area contributed by atoms with Crippen LogP contribution in [0, 0.1) is 0 Å². The van der Waals surface area contributed by atoms with Crippen LogP contribution in [0.4, 0.5) is 0 Å². The van der Waals surface area contributed by atoms with Crippen molar-refractivity contribution in [2.75, 3.05) is 39.4 Å². The van der Waals surface area contributed by atoms with Gasteiger partial charge in [0.25, 0.3) is 11.5 Å². The van der Waals surface area contributed by atoms with Crippen molar-refractivity contribution in [2.24, 2.45) is 0 Å². The van der Waals surface area contributed by atoms with Gasteiger partial charge in [0.2, 0.25) is 0 Å². The molecule has 7 nitrogen and oxygen atoms in total. The molecule has 2 aliphatic rings. The van der Waals surface area contributed by atoms with Crippen LogP contribution in [0.5, 0.6) is 0 Å². The fraction of sp³-hybridized carbons (Fsp3) is 0.500. The number of carbonyl (C=O) groups excluding carboxylic acids is 1. The minimum absolute atomic E-state index is 0.0767. The number of nitrogens with one attached hydrogen (secondary N) is 1. The molecule has 144 valence electrons. The molecule has 7 heteroatoms. The summed E-state index contributed by atoms with van der Waals surface area (Å²) in [6.45, 7) is 5.60. The van der Waals surface area contributed by atoms with Crippen LogP contribution in [0.2, 0.25) is 0 Å². The zero-order valence-corrected chi connectivity index (χ0v) is 15.4. The molecule has 0 unspecified atom stereocenters. The Bertz CT molecular complexity index is 830. The summed E-state index contributed by atoms with van der Waals surface area (Å²) in [7, 11) is 0. The Labute approximate surface area is 157 Å². The van der Waals surface area contributed by atoms with E-state index in [2.05, 4.69) is 16.1 Å². The number of morpholine rings is 1. The van der Waals surface area contributed by atoms with Gasteiger partial charge in [0.1, 0.15) is 5.76 Å². The van der Waals surface area contributed by atoms with Crippen LogP contribution in [-0.2, 0) is 11.3 Å². The molecule has 1 N–H and O–H groups in total. The number of ether oxygens (including phenoxy) is 1. The second kappa shape index (κ2) is 8.10. The van der Waals surface area contributed by atoms with E-state index in [1.807, 2.05) is 23.1 Å². The lowest BCUT2D eigenvalue weighted by atomic mass is 9.94. The van der Waals surface area contributed by atoms with Gasteiger partial charge < -0.3 is 14.2 Å². The number of aromatic nitrogens is 1. The van der Waals surface area contributed by atoms with Gasteiger partial charge in [0, 0.05) is 50.3 Å². The smallest absolute Gasteiger partial charge is 0.280 e. The number of rotatable bonds is 4. The number of piperidine rings is 1. The van der Waals surface area contributed by atoms with Gasteiger partial charge in [-0.05, 0) is 30.5 Å². The molecule has 1 amide bonds. The number of amides is 1. The Balaban J connectivity index is 1.36. The molecule has 0 spiro atoms. The van der Waals surface area contributed by atoms with E-state index in [-0.39, 0.29) is 17.4 Å². The summed E-state index contributed by atoms with van der Waals surface area (Å²) in [5, 5.41) is 2.34. The summed E-state index contributed by atoms with van der Waals surface area (Å²) in [6, 6.07) is 9.45. The van der Waals surface area contributed by atoms with Gasteiger partial charge in [0.05, 0.1) is 13.2 Å². The molecule has 0 aliphatic carbocycles. The lowest BCUT2D eigenvalue weighted by Crippen LogP contribution is -2.38. The molecule has 1 aromatic carbocycles. The molecule has 2 aromatic rings. The highest BCUT2D eigenvalue weighted by Gasteiger charge is 2.26. The van der Waals surface area contributed by atoms with E-state index in [0.29, 0.717) is 18.8 Å². The second-order valence-corrected chi connectivity index (χ2v) is 7.27. The first kappa shape index (κ1) is 18.0. The van der Waals surface area contributed by atoms with Gasteiger partial charge in [0.15, 0.2) is 0 Å². The van der Waals surface area contributed by atoms with Crippen LogP contribution < -0.4 is 5.56 Å². The molecular weight excluding hydrogens is 346 g/mol. The highest BCUT2D eigenvalue weighted by Crippen LogP contribution is 2.27. The Hall–Kier alpha value is -2.38. The van der Waals surface area contributed by atoms with Crippen molar-refractivity contribution >= 4 is 5.91 Å². The second-order valence-electron chi connectivity index (χ2n) is 7.27. The van der Waals surface area contributed by atoms with Crippen molar-refractivity contribution in [3.05, 3.63) is 57.6 Å². The van der Waals surface area contributed by atoms with E-state index in [1.54, 1.807) is 0 Å². The molecule has 0 radical (unpaired) electrons. The Morgan fingerprint density at radius 3 is 2.59 bits per heavy atom. The molecule has 1 aromatic heterocycles. The van der Waals surface area contributed by atoms with Gasteiger partial charge in [-0.2, -0.15) is 5.16 Å². The SMILES string of the molecule is O=C(c1cccc(CN2CCOCC2)c1)N1CCC(c2cc(=O)[nH]o2)CC1. The minimum atomic E-state index is -0.208. The largest absolute Gasteiger partial charge is 0.383 e. The first-order chi connectivity index (χ1) is 13.2. The zero-order chi connectivity index (χ0) is 18.6. The number of hydrogen-bond acceptors (Lipinski definition) is 5. The number of carbonyl (C=O) groups is 1. The number of likely N-dealkylation sites (tertiary alicyclic amines) is 1. The third-order valence-electron chi connectivity index (χ3n) is 5.41. The zero-order valence-electron chi connectivity index (χ0n) is 15.4. The number of H-pyrrole nitrogens is 1. The van der Waals surface area contributed by atoms with E-state index in [9.17, 15) is 9.59 Å². The summed E-state index contributed by atoms with van der Waals surface area (Å²) in [5.74, 6) is 0.966. The van der Waals surface area contributed by atoms with E-state index in [0.717, 1.165) is 56.8 Å². The summed E-state index contributed by atoms with van der Waals surface area (Å²) in [6.07, 6.45) is 1.61. The van der Waals surface area contributed by atoms with E-state index < -0.39 is 0 Å². The molecule has 0 atom stereocenters. The third-order valence-corrected chi connectivity index (χ3v) is 5.41. The predicted octanol–water partition coefficient (Wildman–Crippen LogP) is 1.82. The van der Waals surface area contributed by atoms with Crippen LogP contribution >= 0.6 is 0 Å². The standard InChI is InChI=1S/C20H25N3O4/c24-19-13-18(27-21-19)16-4-6-23(7-5-16)20(25)17-3-1-2-15(12-17)14-22-8-10-26-11-9-22/h1-3,12-13,16H,4-11,14H2,(H,21,24). The van der Waals surface area contributed by atoms with E-state index in [1.165, 1.54) is 6.07 Å². The van der Waals surface area contributed by atoms with Gasteiger partial charge >= 0.3 is 0 Å². The fourth-order valence-corrected chi connectivity index (χ4v) is 3.87. The van der Waals surface area contributed by atoms with Crippen LogP contribution in [0.3, 0.4) is 0 Å². The van der Waals surface area contributed by atoms with Crippen molar-refractivity contribution in [3.8, 4) is 0 Å². The van der Waals surface area contributed by atoms with Gasteiger partial charge in [-0.1, -0.05) is 12.1 Å².